The van der Waals surface area contributed by atoms with Crippen LogP contribution in [0.25, 0.3) is 10.9 Å². The lowest BCUT2D eigenvalue weighted by Crippen LogP contribution is -2.35. The highest BCUT2D eigenvalue weighted by Crippen LogP contribution is 2.33. The van der Waals surface area contributed by atoms with Gasteiger partial charge in [-0.1, -0.05) is 32.0 Å². The number of carbonyl (C=O) groups is 1. The molecule has 1 unspecified atom stereocenters. The maximum atomic E-state index is 11.6. The lowest BCUT2D eigenvalue weighted by atomic mass is 9.75. The number of hydrogen-bond acceptors (Lipinski definition) is 2. The minimum atomic E-state index is -0.796. The summed E-state index contributed by atoms with van der Waals surface area (Å²) in [7, 11) is 0. The number of aryl methyl sites for hydroxylation is 1. The lowest BCUT2D eigenvalue weighted by Gasteiger charge is -2.28. The van der Waals surface area contributed by atoms with Crippen LogP contribution < -0.4 is 0 Å². The van der Waals surface area contributed by atoms with E-state index in [4.69, 9.17) is 0 Å². The molecule has 1 N–H and O–H groups in total. The second kappa shape index (κ2) is 5.27. The average Bonchev–Trinajstić information content (AvgIpc) is 2.76. The van der Waals surface area contributed by atoms with Crippen molar-refractivity contribution in [3.8, 4) is 0 Å². The highest BCUT2D eigenvalue weighted by Gasteiger charge is 2.38. The molecule has 1 aromatic carbocycles. The Morgan fingerprint density at radius 3 is 2.60 bits per heavy atom. The number of aromatic nitrogens is 2. The predicted molar refractivity (Wildman–Crippen MR) is 79.7 cm³/mol. The summed E-state index contributed by atoms with van der Waals surface area (Å²) < 4.78 is 1.94. The average molecular weight is 274 g/mol. The maximum Gasteiger partial charge on any atom is 0.310 e. The molecule has 0 fully saturated rings. The van der Waals surface area contributed by atoms with Crippen molar-refractivity contribution in [1.82, 2.24) is 9.78 Å². The molecule has 1 atom stereocenters. The first-order chi connectivity index (χ1) is 9.40. The largest absolute Gasteiger partial charge is 0.481 e. The van der Waals surface area contributed by atoms with Gasteiger partial charge in [0.1, 0.15) is 0 Å². The molecule has 20 heavy (non-hydrogen) atoms. The van der Waals surface area contributed by atoms with Crippen LogP contribution in [0, 0.1) is 11.3 Å². The van der Waals surface area contributed by atoms with Crippen LogP contribution in [0.15, 0.2) is 24.3 Å². The van der Waals surface area contributed by atoms with Crippen molar-refractivity contribution in [2.75, 3.05) is 0 Å². The molecular weight excluding hydrogens is 252 g/mol. The van der Waals surface area contributed by atoms with Gasteiger partial charge in [0.15, 0.2) is 0 Å². The quantitative estimate of drug-likeness (QED) is 0.909. The number of rotatable bonds is 5. The van der Waals surface area contributed by atoms with Crippen molar-refractivity contribution in [3.05, 3.63) is 30.0 Å². The molecule has 0 aliphatic rings. The monoisotopic (exact) mass is 274 g/mol. The van der Waals surface area contributed by atoms with Gasteiger partial charge < -0.3 is 5.11 Å². The fraction of sp³-hybridized carbons (Fsp3) is 0.500. The predicted octanol–water partition coefficient (Wildman–Crippen LogP) is 3.35. The minimum absolute atomic E-state index is 0.0468. The molecule has 0 radical (unpaired) electrons. The zero-order valence-electron chi connectivity index (χ0n) is 12.6. The van der Waals surface area contributed by atoms with Crippen LogP contribution in [0.2, 0.25) is 0 Å². The van der Waals surface area contributed by atoms with Crippen LogP contribution >= 0.6 is 0 Å². The van der Waals surface area contributed by atoms with E-state index >= 15 is 0 Å². The van der Waals surface area contributed by atoms with E-state index in [0.29, 0.717) is 6.42 Å². The number of hydrogen-bond donors (Lipinski definition) is 1. The van der Waals surface area contributed by atoms with E-state index in [2.05, 4.69) is 5.10 Å². The lowest BCUT2D eigenvalue weighted by molar-refractivity contribution is -0.150. The van der Waals surface area contributed by atoms with Gasteiger partial charge in [0.2, 0.25) is 0 Å². The Bertz CT molecular complexity index is 630. The molecule has 1 heterocycles. The number of nitrogens with zero attached hydrogens (tertiary/aromatic N) is 2. The molecule has 4 nitrogen and oxygen atoms in total. The summed E-state index contributed by atoms with van der Waals surface area (Å²) in [4.78, 5) is 11.6. The third-order valence-corrected chi connectivity index (χ3v) is 4.33. The Balaban J connectivity index is 2.51. The van der Waals surface area contributed by atoms with Gasteiger partial charge >= 0.3 is 5.97 Å². The first-order valence-corrected chi connectivity index (χ1v) is 7.08. The van der Waals surface area contributed by atoms with Crippen LogP contribution in [0.3, 0.4) is 0 Å². The third kappa shape index (κ3) is 2.30. The summed E-state index contributed by atoms with van der Waals surface area (Å²) in [6, 6.07) is 8.01. The zero-order valence-corrected chi connectivity index (χ0v) is 12.6. The van der Waals surface area contributed by atoms with Crippen molar-refractivity contribution >= 4 is 16.9 Å². The minimum Gasteiger partial charge on any atom is -0.481 e. The summed E-state index contributed by atoms with van der Waals surface area (Å²) in [6.07, 6.45) is 0.452. The Kier molecular flexibility index (Phi) is 3.84. The van der Waals surface area contributed by atoms with Gasteiger partial charge in [-0.25, -0.2) is 0 Å². The van der Waals surface area contributed by atoms with Crippen LogP contribution in [0.4, 0.5) is 0 Å². The molecule has 2 rings (SSSR count). The molecule has 0 spiro atoms. The van der Waals surface area contributed by atoms with E-state index in [0.717, 1.165) is 23.1 Å². The number of carboxylic acid groups (broad SMARTS) is 1. The van der Waals surface area contributed by atoms with Crippen molar-refractivity contribution in [3.63, 3.8) is 0 Å². The van der Waals surface area contributed by atoms with Gasteiger partial charge in [-0.15, -0.1) is 0 Å². The molecule has 0 bridgehead atoms. The van der Waals surface area contributed by atoms with E-state index in [1.54, 1.807) is 6.92 Å². The van der Waals surface area contributed by atoms with Gasteiger partial charge in [0, 0.05) is 18.4 Å². The molecule has 108 valence electrons. The topological polar surface area (TPSA) is 55.1 Å². The fourth-order valence-corrected chi connectivity index (χ4v) is 2.44. The summed E-state index contributed by atoms with van der Waals surface area (Å²) in [5.41, 5.74) is 1.15. The maximum absolute atomic E-state index is 11.6. The van der Waals surface area contributed by atoms with Gasteiger partial charge in [-0.2, -0.15) is 5.10 Å². The normalized spacial score (nSPS) is 14.7. The molecule has 1 aromatic heterocycles. The number of para-hydroxylation sites is 1. The van der Waals surface area contributed by atoms with E-state index in [9.17, 15) is 9.90 Å². The zero-order chi connectivity index (χ0) is 14.9. The molecular formula is C16H22N2O2. The van der Waals surface area contributed by atoms with Crippen LogP contribution in [0.1, 0.15) is 33.4 Å². The summed E-state index contributed by atoms with van der Waals surface area (Å²) >= 11 is 0. The first kappa shape index (κ1) is 14.6. The Morgan fingerprint density at radius 1 is 1.40 bits per heavy atom. The second-order valence-corrected chi connectivity index (χ2v) is 5.83. The number of carboxylic acids is 1. The SMILES string of the molecule is CCn1nc(CC(C)(C(=O)O)C(C)C)c2ccccc21. The van der Waals surface area contributed by atoms with E-state index in [1.807, 2.05) is 49.7 Å². The highest BCUT2D eigenvalue weighted by molar-refractivity contribution is 5.83. The Hall–Kier alpha value is -1.84. The van der Waals surface area contributed by atoms with Gasteiger partial charge in [-0.05, 0) is 25.8 Å². The Morgan fingerprint density at radius 2 is 2.05 bits per heavy atom. The second-order valence-electron chi connectivity index (χ2n) is 5.83. The highest BCUT2D eigenvalue weighted by atomic mass is 16.4. The van der Waals surface area contributed by atoms with Gasteiger partial charge in [0.05, 0.1) is 16.6 Å². The van der Waals surface area contributed by atoms with Crippen molar-refractivity contribution < 1.29 is 9.90 Å². The standard InChI is InChI=1S/C16H22N2O2/c1-5-18-14-9-7-6-8-12(14)13(17-18)10-16(4,11(2)3)15(19)20/h6-9,11H,5,10H2,1-4H3,(H,19,20). The van der Waals surface area contributed by atoms with Gasteiger partial charge in [0.25, 0.3) is 0 Å². The Labute approximate surface area is 119 Å². The summed E-state index contributed by atoms with van der Waals surface area (Å²) in [6.45, 7) is 8.54. The molecule has 4 heteroatoms. The van der Waals surface area contributed by atoms with E-state index in [-0.39, 0.29) is 5.92 Å². The molecule has 0 amide bonds. The summed E-state index contributed by atoms with van der Waals surface area (Å²) in [5.74, 6) is -0.715. The third-order valence-electron chi connectivity index (χ3n) is 4.33. The number of benzene rings is 1. The van der Waals surface area contributed by atoms with E-state index in [1.165, 1.54) is 0 Å². The van der Waals surface area contributed by atoms with Crippen LogP contribution in [-0.2, 0) is 17.8 Å². The van der Waals surface area contributed by atoms with Crippen molar-refractivity contribution in [1.29, 1.82) is 0 Å². The molecule has 0 saturated heterocycles. The molecule has 0 saturated carbocycles. The van der Waals surface area contributed by atoms with Crippen LogP contribution in [0.5, 0.6) is 0 Å². The molecule has 0 aliphatic carbocycles. The number of aliphatic carboxylic acids is 1. The van der Waals surface area contributed by atoms with Crippen molar-refractivity contribution in [2.45, 2.75) is 40.7 Å². The van der Waals surface area contributed by atoms with Gasteiger partial charge in [-0.3, -0.25) is 9.48 Å². The first-order valence-electron chi connectivity index (χ1n) is 7.08. The molecule has 2 aromatic rings. The fourth-order valence-electron chi connectivity index (χ4n) is 2.44. The van der Waals surface area contributed by atoms with Crippen LogP contribution in [-0.4, -0.2) is 20.9 Å². The molecule has 0 aliphatic heterocycles. The smallest absolute Gasteiger partial charge is 0.310 e. The van der Waals surface area contributed by atoms with E-state index < -0.39 is 11.4 Å². The van der Waals surface area contributed by atoms with Crippen molar-refractivity contribution in [2.24, 2.45) is 11.3 Å². The number of fused-ring (bicyclic) bond motifs is 1. The summed E-state index contributed by atoms with van der Waals surface area (Å²) in [5, 5.41) is 15.2.